The van der Waals surface area contributed by atoms with E-state index in [1.807, 2.05) is 0 Å². The van der Waals surface area contributed by atoms with Crippen molar-refractivity contribution in [2.24, 2.45) is 0 Å². The minimum Gasteiger partial charge on any atom is -0.245 e. The summed E-state index contributed by atoms with van der Waals surface area (Å²) in [6.07, 6.45) is 3.63. The van der Waals surface area contributed by atoms with Crippen molar-refractivity contribution in [1.82, 2.24) is 14.3 Å². The van der Waals surface area contributed by atoms with Gasteiger partial charge in [0.1, 0.15) is 12.1 Å². The first-order valence-corrected chi connectivity index (χ1v) is 8.03. The summed E-state index contributed by atoms with van der Waals surface area (Å²) in [5.41, 5.74) is 1.63. The van der Waals surface area contributed by atoms with Crippen LogP contribution in [0.2, 0.25) is 5.02 Å². The molecule has 1 aromatic heterocycles. The second kappa shape index (κ2) is 5.32. The average Bonchev–Trinajstić information content (AvgIpc) is 2.49. The second-order valence-electron chi connectivity index (χ2n) is 4.66. The fraction of sp³-hybridized carbons (Fsp3) is 0.231. The number of sulfonamides is 1. The summed E-state index contributed by atoms with van der Waals surface area (Å²) >= 11 is 5.66. The topological polar surface area (TPSA) is 63.2 Å². The van der Waals surface area contributed by atoms with Crippen LogP contribution in [0.25, 0.3) is 0 Å². The van der Waals surface area contributed by atoms with Crippen molar-refractivity contribution in [3.05, 3.63) is 52.8 Å². The fourth-order valence-corrected chi connectivity index (χ4v) is 3.89. The van der Waals surface area contributed by atoms with Crippen molar-refractivity contribution >= 4 is 21.6 Å². The van der Waals surface area contributed by atoms with Gasteiger partial charge in [-0.2, -0.15) is 4.31 Å². The van der Waals surface area contributed by atoms with Crippen molar-refractivity contribution in [3.63, 3.8) is 0 Å². The first-order chi connectivity index (χ1) is 9.98. The van der Waals surface area contributed by atoms with Crippen LogP contribution in [-0.4, -0.2) is 29.2 Å². The molecule has 2 aromatic rings. The molecule has 0 saturated heterocycles. The predicted molar refractivity (Wildman–Crippen MR) is 74.7 cm³/mol. The molecule has 1 aromatic carbocycles. The monoisotopic (exact) mass is 327 g/mol. The van der Waals surface area contributed by atoms with Gasteiger partial charge < -0.3 is 0 Å². The molecular formula is C13H11ClFN3O2S. The molecule has 21 heavy (non-hydrogen) atoms. The summed E-state index contributed by atoms with van der Waals surface area (Å²) < 4.78 is 39.6. The number of benzene rings is 1. The van der Waals surface area contributed by atoms with Crippen LogP contribution in [-0.2, 0) is 23.0 Å². The Morgan fingerprint density at radius 3 is 2.90 bits per heavy atom. The van der Waals surface area contributed by atoms with Crippen LogP contribution in [0.5, 0.6) is 0 Å². The van der Waals surface area contributed by atoms with Gasteiger partial charge in [0.15, 0.2) is 0 Å². The van der Waals surface area contributed by atoms with Crippen LogP contribution < -0.4 is 0 Å². The molecule has 1 aliphatic rings. The highest BCUT2D eigenvalue weighted by molar-refractivity contribution is 7.89. The molecule has 2 heterocycles. The van der Waals surface area contributed by atoms with E-state index in [4.69, 9.17) is 11.6 Å². The summed E-state index contributed by atoms with van der Waals surface area (Å²) in [6.45, 7) is 0.507. The van der Waals surface area contributed by atoms with Crippen molar-refractivity contribution in [2.75, 3.05) is 6.54 Å². The van der Waals surface area contributed by atoms with Crippen molar-refractivity contribution < 1.29 is 12.8 Å². The minimum atomic E-state index is -3.72. The van der Waals surface area contributed by atoms with Crippen LogP contribution in [0.4, 0.5) is 4.39 Å². The molecule has 0 atom stereocenters. The number of rotatable bonds is 2. The summed E-state index contributed by atoms with van der Waals surface area (Å²) in [4.78, 5) is 8.01. The first kappa shape index (κ1) is 14.4. The summed E-state index contributed by atoms with van der Waals surface area (Å²) in [7, 11) is -3.72. The Kier molecular flexibility index (Phi) is 3.64. The number of fused-ring (bicyclic) bond motifs is 1. The lowest BCUT2D eigenvalue weighted by Crippen LogP contribution is -2.36. The Morgan fingerprint density at radius 1 is 1.33 bits per heavy atom. The van der Waals surface area contributed by atoms with Gasteiger partial charge in [-0.25, -0.2) is 22.8 Å². The quantitative estimate of drug-likeness (QED) is 0.846. The van der Waals surface area contributed by atoms with Gasteiger partial charge in [-0.05, 0) is 30.2 Å². The Balaban J connectivity index is 1.95. The Hall–Kier alpha value is -1.57. The minimum absolute atomic E-state index is 0.0218. The van der Waals surface area contributed by atoms with Crippen LogP contribution >= 0.6 is 11.6 Å². The maximum absolute atomic E-state index is 13.2. The fourth-order valence-electron chi connectivity index (χ4n) is 2.22. The highest BCUT2D eigenvalue weighted by Gasteiger charge is 2.29. The molecule has 0 N–H and O–H groups in total. The SMILES string of the molecule is O=S(=O)(c1ccc(F)c(Cl)c1)N1CCc2cncnc2C1. The van der Waals surface area contributed by atoms with Gasteiger partial charge in [0.05, 0.1) is 22.2 Å². The molecule has 0 bridgehead atoms. The lowest BCUT2D eigenvalue weighted by atomic mass is 10.1. The number of nitrogens with zero attached hydrogens (tertiary/aromatic N) is 3. The van der Waals surface area contributed by atoms with Crippen molar-refractivity contribution in [3.8, 4) is 0 Å². The van der Waals surface area contributed by atoms with E-state index in [0.29, 0.717) is 18.7 Å². The molecule has 3 rings (SSSR count). The van der Waals surface area contributed by atoms with Crippen molar-refractivity contribution in [2.45, 2.75) is 17.9 Å². The van der Waals surface area contributed by atoms with Gasteiger partial charge in [-0.15, -0.1) is 0 Å². The normalized spacial score (nSPS) is 15.7. The lowest BCUT2D eigenvalue weighted by molar-refractivity contribution is 0.384. The molecule has 8 heteroatoms. The largest absolute Gasteiger partial charge is 0.245 e. The van der Waals surface area contributed by atoms with Crippen LogP contribution in [0.1, 0.15) is 11.3 Å². The molecular weight excluding hydrogens is 317 g/mol. The van der Waals surface area contributed by atoms with Gasteiger partial charge in [-0.3, -0.25) is 0 Å². The average molecular weight is 328 g/mol. The molecule has 0 spiro atoms. The maximum Gasteiger partial charge on any atom is 0.243 e. The van der Waals surface area contributed by atoms with E-state index in [2.05, 4.69) is 9.97 Å². The van der Waals surface area contributed by atoms with E-state index in [1.54, 1.807) is 6.20 Å². The lowest BCUT2D eigenvalue weighted by Gasteiger charge is -2.27. The highest BCUT2D eigenvalue weighted by Crippen LogP contribution is 2.26. The number of halogens is 2. The third-order valence-electron chi connectivity index (χ3n) is 3.37. The summed E-state index contributed by atoms with van der Waals surface area (Å²) in [5.74, 6) is -0.646. The van der Waals surface area contributed by atoms with E-state index in [0.717, 1.165) is 17.7 Å². The predicted octanol–water partition coefficient (Wildman–Crippen LogP) is 2.02. The zero-order valence-corrected chi connectivity index (χ0v) is 12.4. The van der Waals surface area contributed by atoms with Crippen LogP contribution in [0.3, 0.4) is 0 Å². The summed E-state index contributed by atoms with van der Waals surface area (Å²) in [6, 6.07) is 3.39. The van der Waals surface area contributed by atoms with Gasteiger partial charge >= 0.3 is 0 Å². The first-order valence-electron chi connectivity index (χ1n) is 6.21. The molecule has 0 unspecified atom stereocenters. The third-order valence-corrected chi connectivity index (χ3v) is 5.50. The molecule has 0 saturated carbocycles. The van der Waals surface area contributed by atoms with Gasteiger partial charge in [-0.1, -0.05) is 11.6 Å². The van der Waals surface area contributed by atoms with Gasteiger partial charge in [0.25, 0.3) is 0 Å². The van der Waals surface area contributed by atoms with Crippen LogP contribution in [0, 0.1) is 5.82 Å². The second-order valence-corrected chi connectivity index (χ2v) is 7.00. The molecule has 1 aliphatic heterocycles. The highest BCUT2D eigenvalue weighted by atomic mass is 35.5. The number of hydrogen-bond acceptors (Lipinski definition) is 4. The smallest absolute Gasteiger partial charge is 0.243 e. The van der Waals surface area contributed by atoms with E-state index in [-0.39, 0.29) is 16.5 Å². The van der Waals surface area contributed by atoms with E-state index >= 15 is 0 Å². The molecule has 0 fully saturated rings. The zero-order chi connectivity index (χ0) is 15.0. The molecule has 0 radical (unpaired) electrons. The molecule has 5 nitrogen and oxygen atoms in total. The third kappa shape index (κ3) is 2.64. The van der Waals surface area contributed by atoms with Crippen molar-refractivity contribution in [1.29, 1.82) is 0 Å². The van der Waals surface area contributed by atoms with Gasteiger partial charge in [0.2, 0.25) is 10.0 Å². The zero-order valence-electron chi connectivity index (χ0n) is 10.8. The van der Waals surface area contributed by atoms with Gasteiger partial charge in [0, 0.05) is 12.7 Å². The van der Waals surface area contributed by atoms with Crippen LogP contribution in [0.15, 0.2) is 35.6 Å². The number of hydrogen-bond donors (Lipinski definition) is 0. The standard InChI is InChI=1S/C13H11ClFN3O2S/c14-11-5-10(1-2-12(11)15)21(19,20)18-4-3-9-6-16-8-17-13(9)7-18/h1-2,5-6,8H,3-4,7H2. The van der Waals surface area contributed by atoms with E-state index in [9.17, 15) is 12.8 Å². The number of aromatic nitrogens is 2. The Labute approximate surface area is 126 Å². The summed E-state index contributed by atoms with van der Waals surface area (Å²) in [5, 5.41) is -0.212. The van der Waals surface area contributed by atoms with E-state index < -0.39 is 15.8 Å². The maximum atomic E-state index is 13.2. The Bertz CT molecular complexity index is 798. The van der Waals surface area contributed by atoms with E-state index in [1.165, 1.54) is 16.7 Å². The molecule has 110 valence electrons. The Morgan fingerprint density at radius 2 is 2.14 bits per heavy atom. The molecule has 0 amide bonds. The molecule has 0 aliphatic carbocycles.